The topological polar surface area (TPSA) is 166 Å². The van der Waals surface area contributed by atoms with E-state index in [1.54, 1.807) is 6.20 Å². The number of aliphatic carboxylic acids is 1. The van der Waals surface area contributed by atoms with E-state index in [0.29, 0.717) is 18.8 Å². The van der Waals surface area contributed by atoms with Gasteiger partial charge in [-0.15, -0.1) is 0 Å². The van der Waals surface area contributed by atoms with Crippen molar-refractivity contribution in [3.63, 3.8) is 0 Å². The van der Waals surface area contributed by atoms with Crippen LogP contribution in [0.5, 0.6) is 0 Å². The molecule has 2 rings (SSSR count). The number of aryl methyl sites for hydroxylation is 1. The van der Waals surface area contributed by atoms with Crippen LogP contribution in [0.25, 0.3) is 0 Å². The van der Waals surface area contributed by atoms with E-state index in [-0.39, 0.29) is 59.7 Å². The first kappa shape index (κ1) is 28.0. The monoisotopic (exact) mass is 465 g/mol. The predicted molar refractivity (Wildman–Crippen MR) is 113 cm³/mol. The smallest absolute Gasteiger partial charge is 0.550 e. The van der Waals surface area contributed by atoms with Gasteiger partial charge in [0.05, 0.1) is 17.5 Å². The van der Waals surface area contributed by atoms with Crippen LogP contribution in [0, 0.1) is 17.0 Å². The van der Waals surface area contributed by atoms with Gasteiger partial charge >= 0.3 is 29.6 Å². The maximum absolute atomic E-state index is 12.2. The Hall–Kier alpha value is -3.02. The summed E-state index contributed by atoms with van der Waals surface area (Å²) in [4.78, 5) is 49.6. The van der Waals surface area contributed by atoms with Crippen LogP contribution in [0.3, 0.4) is 0 Å². The van der Waals surface area contributed by atoms with E-state index in [9.17, 15) is 29.6 Å². The zero-order chi connectivity index (χ0) is 23.5. The summed E-state index contributed by atoms with van der Waals surface area (Å²) in [5, 5.41) is 30.0. The molecule has 0 saturated carbocycles. The van der Waals surface area contributed by atoms with Gasteiger partial charge < -0.3 is 25.9 Å². The number of nitrogens with one attached hydrogen (secondary N) is 3. The Morgan fingerprint density at radius 3 is 2.58 bits per heavy atom. The Morgan fingerprint density at radius 1 is 1.15 bits per heavy atom. The van der Waals surface area contributed by atoms with Crippen molar-refractivity contribution >= 4 is 29.3 Å². The van der Waals surface area contributed by atoms with Crippen molar-refractivity contribution in [2.75, 3.05) is 18.4 Å². The van der Waals surface area contributed by atoms with Crippen molar-refractivity contribution in [3.05, 3.63) is 63.8 Å². The number of rotatable bonds is 12. The summed E-state index contributed by atoms with van der Waals surface area (Å²) in [5.74, 6) is -1.68. The van der Waals surface area contributed by atoms with Crippen LogP contribution in [-0.2, 0) is 14.4 Å². The molecule has 11 nitrogen and oxygen atoms in total. The summed E-state index contributed by atoms with van der Waals surface area (Å²) in [7, 11) is 0. The minimum Gasteiger partial charge on any atom is -0.550 e. The summed E-state index contributed by atoms with van der Waals surface area (Å²) in [6.45, 7) is 2.11. The number of pyridine rings is 1. The van der Waals surface area contributed by atoms with Gasteiger partial charge in [-0.1, -0.05) is 12.1 Å². The minimum atomic E-state index is -1.43. The second-order valence-corrected chi connectivity index (χ2v) is 7.07. The van der Waals surface area contributed by atoms with Crippen LogP contribution in [0.2, 0.25) is 0 Å². The number of aromatic nitrogens is 1. The van der Waals surface area contributed by atoms with Gasteiger partial charge in [0.2, 0.25) is 11.8 Å². The second kappa shape index (κ2) is 14.2. The van der Waals surface area contributed by atoms with Crippen molar-refractivity contribution in [1.82, 2.24) is 15.6 Å². The van der Waals surface area contributed by atoms with Crippen LogP contribution in [0.1, 0.15) is 36.4 Å². The molecular formula is C21H24N5NaO6. The quantitative estimate of drug-likeness (QED) is 0.135. The molecule has 1 aromatic heterocycles. The summed E-state index contributed by atoms with van der Waals surface area (Å²) in [5.41, 5.74) is 1.08. The predicted octanol–water partition coefficient (Wildman–Crippen LogP) is -2.39. The third-order valence-electron chi connectivity index (χ3n) is 4.44. The second-order valence-electron chi connectivity index (χ2n) is 7.07. The molecule has 0 aliphatic rings. The molecule has 0 aliphatic heterocycles. The molecule has 1 heterocycles. The van der Waals surface area contributed by atoms with E-state index in [1.165, 1.54) is 24.3 Å². The summed E-state index contributed by atoms with van der Waals surface area (Å²) in [6.07, 6.45) is 1.81. The number of nitro groups is 1. The number of hydrogen-bond donors (Lipinski definition) is 3. The van der Waals surface area contributed by atoms with E-state index >= 15 is 0 Å². The number of carboxylic acid groups (broad SMARTS) is 1. The van der Waals surface area contributed by atoms with Gasteiger partial charge in [0.1, 0.15) is 5.82 Å². The molecule has 170 valence electrons. The molecule has 2 aromatic rings. The normalized spacial score (nSPS) is 10.9. The number of hydrogen-bond acceptors (Lipinski definition) is 8. The maximum Gasteiger partial charge on any atom is 1.00 e. The Labute approximate surface area is 212 Å². The first-order chi connectivity index (χ1) is 15.2. The van der Waals surface area contributed by atoms with Crippen molar-refractivity contribution in [3.8, 4) is 0 Å². The van der Waals surface area contributed by atoms with Crippen molar-refractivity contribution in [2.45, 2.75) is 32.2 Å². The van der Waals surface area contributed by atoms with Crippen LogP contribution < -0.4 is 50.6 Å². The van der Waals surface area contributed by atoms with Crippen molar-refractivity contribution < 1.29 is 54.0 Å². The van der Waals surface area contributed by atoms with Gasteiger partial charge in [0.25, 0.3) is 5.69 Å². The van der Waals surface area contributed by atoms with Gasteiger partial charge in [-0.2, -0.15) is 0 Å². The Kier molecular flexibility index (Phi) is 12.0. The molecular weight excluding hydrogens is 441 g/mol. The number of nitro benzene ring substituents is 1. The Morgan fingerprint density at radius 2 is 1.91 bits per heavy atom. The van der Waals surface area contributed by atoms with E-state index in [4.69, 9.17) is 0 Å². The van der Waals surface area contributed by atoms with Gasteiger partial charge in [0.15, 0.2) is 0 Å². The number of carbonyl (C=O) groups excluding carboxylic acids is 3. The molecule has 0 fully saturated rings. The summed E-state index contributed by atoms with van der Waals surface area (Å²) in [6, 6.07) is 8.03. The number of amides is 2. The largest absolute Gasteiger partial charge is 1.00 e. The SMILES string of the molecule is Cc1ccnc(NCCCC(=O)NCC(=O)N[C@H](CC(=O)[O-])c2cccc([N+](=O)[O-])c2)c1.[Na+]. The van der Waals surface area contributed by atoms with Crippen LogP contribution in [0.15, 0.2) is 42.6 Å². The molecule has 3 N–H and O–H groups in total. The van der Waals surface area contributed by atoms with E-state index in [1.807, 2.05) is 19.1 Å². The van der Waals surface area contributed by atoms with E-state index in [2.05, 4.69) is 20.9 Å². The molecule has 1 atom stereocenters. The van der Waals surface area contributed by atoms with Crippen LogP contribution in [0.4, 0.5) is 11.5 Å². The Bertz CT molecular complexity index is 987. The number of benzene rings is 1. The molecule has 1 aromatic carbocycles. The van der Waals surface area contributed by atoms with Gasteiger partial charge in [-0.3, -0.25) is 19.7 Å². The van der Waals surface area contributed by atoms with E-state index < -0.39 is 29.3 Å². The number of nitrogens with zero attached hydrogens (tertiary/aromatic N) is 2. The van der Waals surface area contributed by atoms with Gasteiger partial charge in [0, 0.05) is 43.7 Å². The third-order valence-corrected chi connectivity index (χ3v) is 4.44. The third kappa shape index (κ3) is 10.4. The molecule has 0 saturated heterocycles. The molecule has 12 heteroatoms. The number of anilines is 1. The fraction of sp³-hybridized carbons (Fsp3) is 0.333. The standard InChI is InChI=1S/C21H25N5O6.Na/c1-14-7-9-23-18(10-14)22-8-3-6-19(27)24-13-20(28)25-17(12-21(29)30)15-4-2-5-16(11-15)26(31)32;/h2,4-5,7,9-11,17H,3,6,8,12-13H2,1H3,(H,22,23)(H,24,27)(H,25,28)(H,29,30);/q;+1/p-1/t17-;/m1./s1. The fourth-order valence-electron chi connectivity index (χ4n) is 2.88. The van der Waals surface area contributed by atoms with Crippen molar-refractivity contribution in [1.29, 1.82) is 0 Å². The first-order valence-corrected chi connectivity index (χ1v) is 9.91. The Balaban J connectivity index is 0.00000544. The molecule has 0 bridgehead atoms. The molecule has 33 heavy (non-hydrogen) atoms. The van der Waals surface area contributed by atoms with Gasteiger partial charge in [-0.25, -0.2) is 4.98 Å². The van der Waals surface area contributed by atoms with Crippen LogP contribution >= 0.6 is 0 Å². The number of carboxylic acids is 1. The summed E-state index contributed by atoms with van der Waals surface area (Å²) >= 11 is 0. The average molecular weight is 465 g/mol. The zero-order valence-corrected chi connectivity index (χ0v) is 20.5. The molecule has 0 unspecified atom stereocenters. The van der Waals surface area contributed by atoms with Gasteiger partial charge in [-0.05, 0) is 36.6 Å². The maximum atomic E-state index is 12.2. The molecule has 0 aliphatic carbocycles. The minimum absolute atomic E-state index is 0. The van der Waals surface area contributed by atoms with Crippen molar-refractivity contribution in [2.24, 2.45) is 0 Å². The first-order valence-electron chi connectivity index (χ1n) is 9.91. The fourth-order valence-corrected chi connectivity index (χ4v) is 2.88. The summed E-state index contributed by atoms with van der Waals surface area (Å²) < 4.78 is 0. The molecule has 2 amide bonds. The average Bonchev–Trinajstić information content (AvgIpc) is 2.74. The number of carbonyl (C=O) groups is 3. The molecule has 0 spiro atoms. The number of non-ortho nitro benzene ring substituents is 1. The van der Waals surface area contributed by atoms with E-state index in [0.717, 1.165) is 5.56 Å². The molecule has 0 radical (unpaired) electrons. The zero-order valence-electron chi connectivity index (χ0n) is 18.5. The van der Waals surface area contributed by atoms with Crippen LogP contribution in [-0.4, -0.2) is 40.8 Å².